The standard InChI is InChI=1S/C13H6F4N2O4/c14-6-4-7(15)11(17)12(10(6)16)23-9-2-1-5(13(18)20)3-8(9)19(21)22/h1-4H,(H2,18,20). The van der Waals surface area contributed by atoms with Gasteiger partial charge in [0.15, 0.2) is 11.6 Å². The van der Waals surface area contributed by atoms with Crippen LogP contribution in [0, 0.1) is 33.4 Å². The van der Waals surface area contributed by atoms with E-state index in [1.165, 1.54) is 0 Å². The topological polar surface area (TPSA) is 95.5 Å². The van der Waals surface area contributed by atoms with Gasteiger partial charge in [0.1, 0.15) is 0 Å². The van der Waals surface area contributed by atoms with Gasteiger partial charge in [-0.15, -0.1) is 0 Å². The van der Waals surface area contributed by atoms with Crippen molar-refractivity contribution in [3.05, 3.63) is 63.2 Å². The van der Waals surface area contributed by atoms with E-state index < -0.39 is 51.3 Å². The maximum Gasteiger partial charge on any atom is 0.312 e. The van der Waals surface area contributed by atoms with Gasteiger partial charge in [0.2, 0.25) is 29.0 Å². The Balaban J connectivity index is 2.57. The lowest BCUT2D eigenvalue weighted by atomic mass is 10.2. The van der Waals surface area contributed by atoms with Crippen LogP contribution in [0.5, 0.6) is 11.5 Å². The highest BCUT2D eigenvalue weighted by molar-refractivity contribution is 5.93. The Hall–Kier alpha value is -3.17. The highest BCUT2D eigenvalue weighted by Crippen LogP contribution is 2.36. The van der Waals surface area contributed by atoms with Crippen LogP contribution < -0.4 is 10.5 Å². The molecule has 1 amide bonds. The molecule has 10 heteroatoms. The first-order valence-corrected chi connectivity index (χ1v) is 5.81. The Morgan fingerprint density at radius 3 is 2.13 bits per heavy atom. The highest BCUT2D eigenvalue weighted by atomic mass is 19.2. The number of halogens is 4. The summed E-state index contributed by atoms with van der Waals surface area (Å²) < 4.78 is 57.8. The molecule has 0 atom stereocenters. The molecule has 2 aromatic carbocycles. The second-order valence-electron chi connectivity index (χ2n) is 4.20. The maximum atomic E-state index is 13.5. The average molecular weight is 330 g/mol. The summed E-state index contributed by atoms with van der Waals surface area (Å²) in [4.78, 5) is 20.9. The van der Waals surface area contributed by atoms with Gasteiger partial charge in [0.05, 0.1) is 4.92 Å². The number of nitrogens with two attached hydrogens (primary N) is 1. The Kier molecular flexibility index (Phi) is 4.16. The van der Waals surface area contributed by atoms with E-state index in [2.05, 4.69) is 4.74 Å². The van der Waals surface area contributed by atoms with E-state index in [-0.39, 0.29) is 11.6 Å². The normalized spacial score (nSPS) is 10.4. The van der Waals surface area contributed by atoms with Crippen LogP contribution in [-0.4, -0.2) is 10.8 Å². The zero-order chi connectivity index (χ0) is 17.3. The van der Waals surface area contributed by atoms with Crippen molar-refractivity contribution in [3.8, 4) is 11.5 Å². The molecule has 0 aliphatic carbocycles. The predicted molar refractivity (Wildman–Crippen MR) is 68.0 cm³/mol. The summed E-state index contributed by atoms with van der Waals surface area (Å²) in [6.45, 7) is 0. The molecule has 0 radical (unpaired) electrons. The van der Waals surface area contributed by atoms with E-state index in [1.807, 2.05) is 0 Å². The van der Waals surface area contributed by atoms with Crippen LogP contribution in [0.25, 0.3) is 0 Å². The summed E-state index contributed by atoms with van der Waals surface area (Å²) in [5.74, 6) is -10.4. The number of hydrogen-bond donors (Lipinski definition) is 1. The Morgan fingerprint density at radius 1 is 1.09 bits per heavy atom. The quantitative estimate of drug-likeness (QED) is 0.403. The van der Waals surface area contributed by atoms with E-state index in [1.54, 1.807) is 0 Å². The van der Waals surface area contributed by atoms with E-state index in [0.29, 0.717) is 6.07 Å². The van der Waals surface area contributed by atoms with Crippen molar-refractivity contribution in [2.75, 3.05) is 0 Å². The molecular weight excluding hydrogens is 324 g/mol. The molecule has 0 spiro atoms. The molecule has 0 saturated heterocycles. The first kappa shape index (κ1) is 16.2. The van der Waals surface area contributed by atoms with E-state index in [9.17, 15) is 32.5 Å². The molecule has 120 valence electrons. The molecule has 0 aliphatic heterocycles. The van der Waals surface area contributed by atoms with E-state index in [0.717, 1.165) is 12.1 Å². The van der Waals surface area contributed by atoms with E-state index >= 15 is 0 Å². The zero-order valence-corrected chi connectivity index (χ0v) is 11.0. The largest absolute Gasteiger partial charge is 0.444 e. The molecule has 0 heterocycles. The van der Waals surface area contributed by atoms with Gasteiger partial charge >= 0.3 is 5.69 Å². The van der Waals surface area contributed by atoms with Crippen LogP contribution in [0.4, 0.5) is 23.2 Å². The smallest absolute Gasteiger partial charge is 0.312 e. The van der Waals surface area contributed by atoms with Gasteiger partial charge in [-0.2, -0.15) is 8.78 Å². The van der Waals surface area contributed by atoms with Crippen molar-refractivity contribution in [1.82, 2.24) is 0 Å². The molecule has 0 unspecified atom stereocenters. The molecule has 0 fully saturated rings. The monoisotopic (exact) mass is 330 g/mol. The van der Waals surface area contributed by atoms with Crippen LogP contribution >= 0.6 is 0 Å². The Bertz CT molecular complexity index is 800. The maximum absolute atomic E-state index is 13.5. The molecule has 23 heavy (non-hydrogen) atoms. The Labute approximate surface area is 125 Å². The number of benzene rings is 2. The lowest BCUT2D eigenvalue weighted by Gasteiger charge is -2.09. The molecule has 2 rings (SSSR count). The van der Waals surface area contributed by atoms with Crippen molar-refractivity contribution in [3.63, 3.8) is 0 Å². The van der Waals surface area contributed by atoms with Gasteiger partial charge in [-0.1, -0.05) is 0 Å². The van der Waals surface area contributed by atoms with Crippen LogP contribution in [0.1, 0.15) is 10.4 Å². The number of nitro benzene ring substituents is 1. The number of primary amides is 1. The highest BCUT2D eigenvalue weighted by Gasteiger charge is 2.25. The molecule has 2 aromatic rings. The molecule has 2 N–H and O–H groups in total. The molecule has 0 saturated carbocycles. The predicted octanol–water partition coefficient (Wildman–Crippen LogP) is 3.04. The third kappa shape index (κ3) is 3.05. The molecule has 0 bridgehead atoms. The minimum atomic E-state index is -1.86. The number of carbonyl (C=O) groups excluding carboxylic acids is 1. The molecular formula is C13H6F4N2O4. The number of carbonyl (C=O) groups is 1. The second-order valence-corrected chi connectivity index (χ2v) is 4.20. The average Bonchev–Trinajstić information content (AvgIpc) is 2.49. The SMILES string of the molecule is NC(=O)c1ccc(Oc2c(F)c(F)cc(F)c2F)c([N+](=O)[O-])c1. The third-order valence-electron chi connectivity index (χ3n) is 2.72. The number of amides is 1. The van der Waals surface area contributed by atoms with Gasteiger partial charge < -0.3 is 10.5 Å². The Morgan fingerprint density at radius 2 is 1.65 bits per heavy atom. The molecule has 6 nitrogen and oxygen atoms in total. The fourth-order valence-corrected chi connectivity index (χ4v) is 1.65. The third-order valence-corrected chi connectivity index (χ3v) is 2.72. The van der Waals surface area contributed by atoms with Gasteiger partial charge in [0, 0.05) is 17.7 Å². The van der Waals surface area contributed by atoms with Gasteiger partial charge in [0.25, 0.3) is 0 Å². The molecule has 0 aromatic heterocycles. The van der Waals surface area contributed by atoms with Crippen LogP contribution in [0.15, 0.2) is 24.3 Å². The van der Waals surface area contributed by atoms with Crippen molar-refractivity contribution in [2.45, 2.75) is 0 Å². The number of nitrogens with zero attached hydrogens (tertiary/aromatic N) is 1. The lowest BCUT2D eigenvalue weighted by Crippen LogP contribution is -2.11. The summed E-state index contributed by atoms with van der Waals surface area (Å²) in [7, 11) is 0. The van der Waals surface area contributed by atoms with Gasteiger partial charge in [-0.05, 0) is 12.1 Å². The van der Waals surface area contributed by atoms with E-state index in [4.69, 9.17) is 5.73 Å². The summed E-state index contributed by atoms with van der Waals surface area (Å²) >= 11 is 0. The van der Waals surface area contributed by atoms with Crippen molar-refractivity contribution < 1.29 is 32.0 Å². The van der Waals surface area contributed by atoms with Gasteiger partial charge in [-0.3, -0.25) is 14.9 Å². The van der Waals surface area contributed by atoms with Crippen LogP contribution in [0.3, 0.4) is 0 Å². The van der Waals surface area contributed by atoms with Crippen molar-refractivity contribution in [1.29, 1.82) is 0 Å². The summed E-state index contributed by atoms with van der Waals surface area (Å²) in [5, 5.41) is 10.9. The summed E-state index contributed by atoms with van der Waals surface area (Å²) in [5.41, 5.74) is 3.81. The van der Waals surface area contributed by atoms with Crippen molar-refractivity contribution in [2.24, 2.45) is 5.73 Å². The number of nitro groups is 1. The molecule has 0 aliphatic rings. The minimum absolute atomic E-state index is 0.0396. The first-order valence-electron chi connectivity index (χ1n) is 5.81. The first-order chi connectivity index (χ1) is 10.7. The zero-order valence-electron chi connectivity index (χ0n) is 11.0. The number of hydrogen-bond acceptors (Lipinski definition) is 4. The fourth-order valence-electron chi connectivity index (χ4n) is 1.65. The number of ether oxygens (including phenoxy) is 1. The second kappa shape index (κ2) is 5.91. The minimum Gasteiger partial charge on any atom is -0.444 e. The fraction of sp³-hybridized carbons (Fsp3) is 0. The summed E-state index contributed by atoms with van der Waals surface area (Å²) in [6.07, 6.45) is 0. The number of rotatable bonds is 4. The summed E-state index contributed by atoms with van der Waals surface area (Å²) in [6, 6.07) is 2.46. The van der Waals surface area contributed by atoms with Gasteiger partial charge in [-0.25, -0.2) is 8.78 Å². The lowest BCUT2D eigenvalue weighted by molar-refractivity contribution is -0.385. The van der Waals surface area contributed by atoms with Crippen LogP contribution in [-0.2, 0) is 0 Å². The van der Waals surface area contributed by atoms with Crippen LogP contribution in [0.2, 0.25) is 0 Å². The van der Waals surface area contributed by atoms with Crippen molar-refractivity contribution >= 4 is 11.6 Å².